The van der Waals surface area contributed by atoms with Crippen LogP contribution in [0.15, 0.2) is 78.9 Å². The molecule has 30 heavy (non-hydrogen) atoms. The van der Waals surface area contributed by atoms with E-state index in [-0.39, 0.29) is 5.69 Å². The zero-order valence-corrected chi connectivity index (χ0v) is 15.6. The maximum Gasteiger partial charge on any atom is 0.266 e. The summed E-state index contributed by atoms with van der Waals surface area (Å²) in [6, 6.07) is 19.4. The van der Waals surface area contributed by atoms with Gasteiger partial charge in [-0.25, -0.2) is 18.7 Å². The number of nitrogens with zero attached hydrogens (tertiary/aromatic N) is 2. The van der Waals surface area contributed by atoms with Gasteiger partial charge in [-0.05, 0) is 54.1 Å². The minimum absolute atomic E-state index is 0.272. The first-order valence-corrected chi connectivity index (χ1v) is 9.44. The van der Waals surface area contributed by atoms with E-state index < -0.39 is 41.5 Å². The standard InChI is InChI=1S/C23H16F2N2O3/c24-15-9-11-17(12-10-15)26-22(28)19-20(14-5-4-6-16(25)13-14)27(30-21(19)23(26)29)18-7-2-1-3-8-18/h1-13,19-21H/t19-,20-,21+/m0/s1. The molecular weight excluding hydrogens is 390 g/mol. The van der Waals surface area contributed by atoms with Gasteiger partial charge in [-0.2, -0.15) is 0 Å². The first-order chi connectivity index (χ1) is 14.5. The molecule has 7 heteroatoms. The zero-order valence-electron chi connectivity index (χ0n) is 15.6. The fourth-order valence-electron chi connectivity index (χ4n) is 4.09. The number of hydroxylamine groups is 1. The molecule has 3 aromatic rings. The van der Waals surface area contributed by atoms with Gasteiger partial charge in [0.1, 0.15) is 17.6 Å². The highest BCUT2D eigenvalue weighted by Crippen LogP contribution is 2.47. The van der Waals surface area contributed by atoms with Crippen LogP contribution in [0.4, 0.5) is 20.2 Å². The molecule has 0 spiro atoms. The SMILES string of the molecule is O=C1[C@@H]2[C@@H](ON(c3ccccc3)[C@H]2c2cccc(F)c2)C(=O)N1c1ccc(F)cc1. The molecule has 0 aromatic heterocycles. The first kappa shape index (κ1) is 18.4. The minimum Gasteiger partial charge on any atom is -0.273 e. The number of rotatable bonds is 3. The number of benzene rings is 3. The molecule has 5 rings (SSSR count). The van der Waals surface area contributed by atoms with Crippen molar-refractivity contribution < 1.29 is 23.2 Å². The molecule has 0 radical (unpaired) electrons. The van der Waals surface area contributed by atoms with Gasteiger partial charge in [0.05, 0.1) is 17.4 Å². The van der Waals surface area contributed by atoms with Crippen molar-refractivity contribution >= 4 is 23.2 Å². The molecule has 3 aromatic carbocycles. The Kier molecular flexibility index (Phi) is 4.33. The molecule has 0 bridgehead atoms. The lowest BCUT2D eigenvalue weighted by Crippen LogP contribution is -2.37. The number of hydrogen-bond donors (Lipinski definition) is 0. The third kappa shape index (κ3) is 2.86. The van der Waals surface area contributed by atoms with Crippen LogP contribution in [0.5, 0.6) is 0 Å². The van der Waals surface area contributed by atoms with Gasteiger partial charge in [0, 0.05) is 0 Å². The summed E-state index contributed by atoms with van der Waals surface area (Å²) in [7, 11) is 0. The summed E-state index contributed by atoms with van der Waals surface area (Å²) in [4.78, 5) is 33.4. The van der Waals surface area contributed by atoms with E-state index in [1.807, 2.05) is 18.2 Å². The molecule has 2 amide bonds. The number of halogens is 2. The Hall–Kier alpha value is -3.58. The first-order valence-electron chi connectivity index (χ1n) is 9.44. The summed E-state index contributed by atoms with van der Waals surface area (Å²) in [5.41, 5.74) is 1.44. The number of anilines is 2. The van der Waals surface area contributed by atoms with E-state index >= 15 is 0 Å². The topological polar surface area (TPSA) is 49.9 Å². The molecule has 150 valence electrons. The van der Waals surface area contributed by atoms with E-state index in [9.17, 15) is 18.4 Å². The molecule has 0 N–H and O–H groups in total. The van der Waals surface area contributed by atoms with Crippen LogP contribution >= 0.6 is 0 Å². The van der Waals surface area contributed by atoms with E-state index in [4.69, 9.17) is 4.84 Å². The highest BCUT2D eigenvalue weighted by atomic mass is 19.1. The number of para-hydroxylation sites is 1. The van der Waals surface area contributed by atoms with Crippen LogP contribution in [0.1, 0.15) is 11.6 Å². The molecule has 3 atom stereocenters. The maximum atomic E-state index is 14.0. The van der Waals surface area contributed by atoms with E-state index in [0.717, 1.165) is 4.90 Å². The van der Waals surface area contributed by atoms with Crippen LogP contribution < -0.4 is 9.96 Å². The second-order valence-electron chi connectivity index (χ2n) is 7.20. The van der Waals surface area contributed by atoms with Gasteiger partial charge in [0.25, 0.3) is 5.91 Å². The van der Waals surface area contributed by atoms with Crippen molar-refractivity contribution in [3.05, 3.63) is 96.1 Å². The third-order valence-electron chi connectivity index (χ3n) is 5.40. The van der Waals surface area contributed by atoms with E-state index in [2.05, 4.69) is 0 Å². The van der Waals surface area contributed by atoms with Gasteiger partial charge in [-0.3, -0.25) is 14.4 Å². The number of carbonyl (C=O) groups excluding carboxylic acids is 2. The Morgan fingerprint density at radius 2 is 1.47 bits per heavy atom. The summed E-state index contributed by atoms with van der Waals surface area (Å²) in [5, 5.41) is 1.50. The van der Waals surface area contributed by atoms with E-state index in [1.54, 1.807) is 24.3 Å². The summed E-state index contributed by atoms with van der Waals surface area (Å²) in [6.45, 7) is 0. The summed E-state index contributed by atoms with van der Waals surface area (Å²) in [6.07, 6.45) is -1.06. The molecule has 2 aliphatic rings. The molecule has 2 aliphatic heterocycles. The Bertz CT molecular complexity index is 1120. The molecule has 2 heterocycles. The monoisotopic (exact) mass is 406 g/mol. The second-order valence-corrected chi connectivity index (χ2v) is 7.20. The predicted molar refractivity (Wildman–Crippen MR) is 105 cm³/mol. The number of hydrogen-bond acceptors (Lipinski definition) is 4. The molecule has 2 saturated heterocycles. The van der Waals surface area contributed by atoms with Crippen molar-refractivity contribution in [2.75, 3.05) is 9.96 Å². The molecule has 2 fully saturated rings. The van der Waals surface area contributed by atoms with Gasteiger partial charge in [-0.1, -0.05) is 30.3 Å². The van der Waals surface area contributed by atoms with Gasteiger partial charge >= 0.3 is 0 Å². The Labute approximate surface area is 171 Å². The average molecular weight is 406 g/mol. The Balaban J connectivity index is 1.59. The highest BCUT2D eigenvalue weighted by molar-refractivity contribution is 6.23. The van der Waals surface area contributed by atoms with Crippen LogP contribution in [0.3, 0.4) is 0 Å². The number of amides is 2. The zero-order chi connectivity index (χ0) is 20.8. The van der Waals surface area contributed by atoms with Crippen LogP contribution in [-0.4, -0.2) is 17.9 Å². The predicted octanol–water partition coefficient (Wildman–Crippen LogP) is 4.02. The number of imide groups is 1. The van der Waals surface area contributed by atoms with Crippen molar-refractivity contribution in [1.82, 2.24) is 0 Å². The van der Waals surface area contributed by atoms with Crippen molar-refractivity contribution in [2.24, 2.45) is 5.92 Å². The van der Waals surface area contributed by atoms with E-state index in [1.165, 1.54) is 41.5 Å². The van der Waals surface area contributed by atoms with Crippen LogP contribution in [0, 0.1) is 17.6 Å². The normalized spacial score (nSPS) is 23.2. The molecule has 5 nitrogen and oxygen atoms in total. The minimum atomic E-state index is -1.06. The summed E-state index contributed by atoms with van der Waals surface area (Å²) >= 11 is 0. The average Bonchev–Trinajstić information content (AvgIpc) is 3.26. The van der Waals surface area contributed by atoms with E-state index in [0.29, 0.717) is 11.3 Å². The lowest BCUT2D eigenvalue weighted by molar-refractivity contribution is -0.126. The fraction of sp³-hybridized carbons (Fsp3) is 0.130. The van der Waals surface area contributed by atoms with Crippen LogP contribution in [0.25, 0.3) is 0 Å². The van der Waals surface area contributed by atoms with Crippen molar-refractivity contribution in [3.63, 3.8) is 0 Å². The lowest BCUT2D eigenvalue weighted by atomic mass is 9.90. The molecular formula is C23H16F2N2O3. The summed E-state index contributed by atoms with van der Waals surface area (Å²) in [5.74, 6) is -2.79. The molecule has 0 unspecified atom stereocenters. The van der Waals surface area contributed by atoms with Gasteiger partial charge < -0.3 is 0 Å². The van der Waals surface area contributed by atoms with Gasteiger partial charge in [-0.15, -0.1) is 0 Å². The smallest absolute Gasteiger partial charge is 0.266 e. The van der Waals surface area contributed by atoms with Crippen molar-refractivity contribution in [2.45, 2.75) is 12.1 Å². The maximum absolute atomic E-state index is 14.0. The Morgan fingerprint density at radius 1 is 0.733 bits per heavy atom. The van der Waals surface area contributed by atoms with Gasteiger partial charge in [0.15, 0.2) is 6.10 Å². The molecule has 0 saturated carbocycles. The highest BCUT2D eigenvalue weighted by Gasteiger charge is 2.60. The third-order valence-corrected chi connectivity index (χ3v) is 5.40. The largest absolute Gasteiger partial charge is 0.273 e. The summed E-state index contributed by atoms with van der Waals surface area (Å²) < 4.78 is 27.3. The van der Waals surface area contributed by atoms with Crippen molar-refractivity contribution in [1.29, 1.82) is 0 Å². The van der Waals surface area contributed by atoms with Crippen LogP contribution in [-0.2, 0) is 14.4 Å². The molecule has 0 aliphatic carbocycles. The van der Waals surface area contributed by atoms with Crippen LogP contribution in [0.2, 0.25) is 0 Å². The van der Waals surface area contributed by atoms with Gasteiger partial charge in [0.2, 0.25) is 5.91 Å². The number of fused-ring (bicyclic) bond motifs is 1. The fourth-order valence-corrected chi connectivity index (χ4v) is 4.09. The second kappa shape index (κ2) is 7.03. The number of carbonyl (C=O) groups is 2. The lowest BCUT2D eigenvalue weighted by Gasteiger charge is -2.28. The van der Waals surface area contributed by atoms with Crippen molar-refractivity contribution in [3.8, 4) is 0 Å². The quantitative estimate of drug-likeness (QED) is 0.617. The Morgan fingerprint density at radius 3 is 2.17 bits per heavy atom.